The van der Waals surface area contributed by atoms with E-state index in [0.29, 0.717) is 43.4 Å². The van der Waals surface area contributed by atoms with Crippen LogP contribution in [0.3, 0.4) is 0 Å². The van der Waals surface area contributed by atoms with Gasteiger partial charge in [-0.3, -0.25) is 14.4 Å². The highest BCUT2D eigenvalue weighted by atomic mass is 16.6. The third-order valence-corrected chi connectivity index (χ3v) is 7.12. The molecule has 2 aromatic rings. The van der Waals surface area contributed by atoms with E-state index in [1.54, 1.807) is 47.6 Å². The number of carbonyl (C=O) groups is 3. The zero-order valence-electron chi connectivity index (χ0n) is 19.1. The van der Waals surface area contributed by atoms with Crippen LogP contribution in [0, 0.1) is 5.92 Å². The van der Waals surface area contributed by atoms with Gasteiger partial charge in [-0.05, 0) is 49.9 Å². The fraction of sp³-hybridized carbons (Fsp3) is 0.480. The van der Waals surface area contributed by atoms with Crippen molar-refractivity contribution < 1.29 is 19.1 Å². The molecule has 1 N–H and O–H groups in total. The van der Waals surface area contributed by atoms with Crippen molar-refractivity contribution in [2.45, 2.75) is 44.1 Å². The summed E-state index contributed by atoms with van der Waals surface area (Å²) < 4.78 is 5.67. The fourth-order valence-corrected chi connectivity index (χ4v) is 5.33. The predicted octanol–water partition coefficient (Wildman–Crippen LogP) is 2.64. The summed E-state index contributed by atoms with van der Waals surface area (Å²) in [6.45, 7) is 2.45. The highest BCUT2D eigenvalue weighted by Crippen LogP contribution is 2.44. The van der Waals surface area contributed by atoms with E-state index < -0.39 is 11.5 Å². The quantitative estimate of drug-likeness (QED) is 0.695. The Labute approximate surface area is 198 Å². The second kappa shape index (κ2) is 9.40. The fourth-order valence-electron chi connectivity index (χ4n) is 5.33. The Kier molecular flexibility index (Phi) is 6.17. The first-order chi connectivity index (χ1) is 16.5. The zero-order chi connectivity index (χ0) is 23.5. The molecule has 0 radical (unpaired) electrons. The normalized spacial score (nSPS) is 21.9. The van der Waals surface area contributed by atoms with Crippen LogP contribution in [0.4, 0.5) is 11.6 Å². The van der Waals surface area contributed by atoms with Gasteiger partial charge in [0.25, 0.3) is 5.91 Å². The topological polar surface area (TPSA) is 105 Å². The second-order valence-electron chi connectivity index (χ2n) is 9.25. The molecule has 9 nitrogen and oxygen atoms in total. The van der Waals surface area contributed by atoms with Crippen LogP contribution in [0.25, 0.3) is 0 Å². The van der Waals surface area contributed by atoms with Crippen molar-refractivity contribution in [3.8, 4) is 0 Å². The second-order valence-corrected chi connectivity index (χ2v) is 9.25. The van der Waals surface area contributed by atoms with E-state index in [9.17, 15) is 14.4 Å². The number of nitrogens with zero attached hydrogens (tertiary/aromatic N) is 4. The van der Waals surface area contributed by atoms with Gasteiger partial charge in [-0.2, -0.15) is 0 Å². The molecule has 2 saturated heterocycles. The van der Waals surface area contributed by atoms with Crippen molar-refractivity contribution in [3.63, 3.8) is 0 Å². The average molecular weight is 464 g/mol. The Balaban J connectivity index is 1.23. The minimum Gasteiger partial charge on any atom is -0.458 e. The van der Waals surface area contributed by atoms with Crippen LogP contribution >= 0.6 is 0 Å². The lowest BCUT2D eigenvalue weighted by Crippen LogP contribution is -2.49. The molecule has 3 fully saturated rings. The number of ether oxygens (including phenoxy) is 1. The average Bonchev–Trinajstić information content (AvgIpc) is 3.19. The molecule has 1 aromatic heterocycles. The standard InChI is InChI=1S/C25H29N5O4/c31-21-17-20(25(34-21)8-2-1-3-9-25)22(32)28-19-7-4-6-18(16-19)23(33)29-12-14-30(15-13-29)24-26-10-5-11-27-24/h4-7,10-11,16,20H,1-3,8-9,12-15,17H2,(H,28,32). The summed E-state index contributed by atoms with van der Waals surface area (Å²) in [6.07, 6.45) is 8.02. The number of esters is 1. The van der Waals surface area contributed by atoms with Crippen LogP contribution in [0.1, 0.15) is 48.9 Å². The lowest BCUT2D eigenvalue weighted by molar-refractivity contribution is -0.153. The molecule has 1 aromatic carbocycles. The minimum absolute atomic E-state index is 0.0761. The number of rotatable bonds is 4. The number of carbonyl (C=O) groups excluding carboxylic acids is 3. The van der Waals surface area contributed by atoms with Crippen molar-refractivity contribution in [2.24, 2.45) is 5.92 Å². The molecule has 0 bridgehead atoms. The summed E-state index contributed by atoms with van der Waals surface area (Å²) >= 11 is 0. The molecule has 1 atom stereocenters. The van der Waals surface area contributed by atoms with E-state index in [1.165, 1.54) is 0 Å². The van der Waals surface area contributed by atoms with Gasteiger partial charge in [-0.1, -0.05) is 12.5 Å². The van der Waals surface area contributed by atoms with Gasteiger partial charge < -0.3 is 19.9 Å². The molecule has 1 unspecified atom stereocenters. The van der Waals surface area contributed by atoms with Gasteiger partial charge in [-0.15, -0.1) is 0 Å². The summed E-state index contributed by atoms with van der Waals surface area (Å²) in [4.78, 5) is 50.7. The van der Waals surface area contributed by atoms with Gasteiger partial charge in [0, 0.05) is 49.8 Å². The summed E-state index contributed by atoms with van der Waals surface area (Å²) in [6, 6.07) is 8.78. The number of piperazine rings is 1. The lowest BCUT2D eigenvalue weighted by Gasteiger charge is -2.36. The van der Waals surface area contributed by atoms with E-state index in [1.807, 2.05) is 0 Å². The number of amides is 2. The molecule has 3 heterocycles. The maximum Gasteiger partial charge on any atom is 0.307 e. The summed E-state index contributed by atoms with van der Waals surface area (Å²) in [5, 5.41) is 2.94. The Morgan fingerprint density at radius 2 is 1.74 bits per heavy atom. The number of benzene rings is 1. The first-order valence-corrected chi connectivity index (χ1v) is 12.0. The van der Waals surface area contributed by atoms with Crippen molar-refractivity contribution in [2.75, 3.05) is 36.4 Å². The summed E-state index contributed by atoms with van der Waals surface area (Å²) in [5.74, 6) is -0.412. The van der Waals surface area contributed by atoms with Crippen LogP contribution in [0.2, 0.25) is 0 Å². The minimum atomic E-state index is -0.672. The molecule has 1 spiro atoms. The molecule has 34 heavy (non-hydrogen) atoms. The number of anilines is 2. The van der Waals surface area contributed by atoms with Crippen LogP contribution in [-0.4, -0.2) is 64.4 Å². The van der Waals surface area contributed by atoms with Crippen molar-refractivity contribution >= 4 is 29.4 Å². The number of nitrogens with one attached hydrogen (secondary N) is 1. The SMILES string of the molecule is O=C1CC(C(=O)Nc2cccc(C(=O)N3CCN(c4ncccn4)CC3)c2)C2(CCCCC2)O1. The molecular weight excluding hydrogens is 434 g/mol. The summed E-state index contributed by atoms with van der Waals surface area (Å²) in [7, 11) is 0. The van der Waals surface area contributed by atoms with E-state index in [4.69, 9.17) is 4.74 Å². The molecule has 2 aliphatic heterocycles. The van der Waals surface area contributed by atoms with Crippen LogP contribution in [0.5, 0.6) is 0 Å². The lowest BCUT2D eigenvalue weighted by atomic mass is 9.75. The Morgan fingerprint density at radius 1 is 1.00 bits per heavy atom. The number of hydrogen-bond donors (Lipinski definition) is 1. The molecule has 2 amide bonds. The first-order valence-electron chi connectivity index (χ1n) is 12.0. The van der Waals surface area contributed by atoms with Gasteiger partial charge in [-0.25, -0.2) is 9.97 Å². The van der Waals surface area contributed by atoms with Crippen molar-refractivity contribution in [1.82, 2.24) is 14.9 Å². The largest absolute Gasteiger partial charge is 0.458 e. The highest BCUT2D eigenvalue weighted by Gasteiger charge is 2.52. The van der Waals surface area contributed by atoms with Gasteiger partial charge in [0.2, 0.25) is 11.9 Å². The van der Waals surface area contributed by atoms with Crippen LogP contribution in [-0.2, 0) is 14.3 Å². The molecule has 1 saturated carbocycles. The third kappa shape index (κ3) is 4.47. The van der Waals surface area contributed by atoms with Crippen LogP contribution < -0.4 is 10.2 Å². The van der Waals surface area contributed by atoms with Crippen LogP contribution in [0.15, 0.2) is 42.7 Å². The Hall–Kier alpha value is -3.49. The Morgan fingerprint density at radius 3 is 2.47 bits per heavy atom. The number of hydrogen-bond acceptors (Lipinski definition) is 7. The van der Waals surface area contributed by atoms with Crippen molar-refractivity contribution in [1.29, 1.82) is 0 Å². The number of aromatic nitrogens is 2. The van der Waals surface area contributed by atoms with E-state index in [2.05, 4.69) is 20.2 Å². The van der Waals surface area contributed by atoms with E-state index >= 15 is 0 Å². The van der Waals surface area contributed by atoms with E-state index in [0.717, 1.165) is 32.1 Å². The van der Waals surface area contributed by atoms with Gasteiger partial charge in [0.1, 0.15) is 5.60 Å². The molecule has 1 aliphatic carbocycles. The molecule has 9 heteroatoms. The van der Waals surface area contributed by atoms with Gasteiger partial charge in [0.05, 0.1) is 12.3 Å². The first kappa shape index (κ1) is 22.3. The molecule has 5 rings (SSSR count). The van der Waals surface area contributed by atoms with E-state index in [-0.39, 0.29) is 24.2 Å². The van der Waals surface area contributed by atoms with Crippen molar-refractivity contribution in [3.05, 3.63) is 48.3 Å². The smallest absolute Gasteiger partial charge is 0.307 e. The highest BCUT2D eigenvalue weighted by molar-refractivity contribution is 5.99. The zero-order valence-corrected chi connectivity index (χ0v) is 19.1. The monoisotopic (exact) mass is 463 g/mol. The van der Waals surface area contributed by atoms with Gasteiger partial charge >= 0.3 is 5.97 Å². The summed E-state index contributed by atoms with van der Waals surface area (Å²) in [5.41, 5.74) is 0.403. The maximum absolute atomic E-state index is 13.1. The molecular formula is C25H29N5O4. The molecule has 3 aliphatic rings. The predicted molar refractivity (Wildman–Crippen MR) is 125 cm³/mol. The van der Waals surface area contributed by atoms with Gasteiger partial charge in [0.15, 0.2) is 0 Å². The molecule has 178 valence electrons. The third-order valence-electron chi connectivity index (χ3n) is 7.12. The maximum atomic E-state index is 13.1. The Bertz CT molecular complexity index is 1060.